The number of nitrogens with one attached hydrogen (secondary N) is 2. The second kappa shape index (κ2) is 10.5. The van der Waals surface area contributed by atoms with Crippen LogP contribution in [0.5, 0.6) is 0 Å². The number of anilines is 1. The number of piperidine rings is 1. The van der Waals surface area contributed by atoms with Gasteiger partial charge >= 0.3 is 0 Å². The van der Waals surface area contributed by atoms with Gasteiger partial charge in [0.15, 0.2) is 0 Å². The molecule has 2 heterocycles. The van der Waals surface area contributed by atoms with Crippen LogP contribution in [0.3, 0.4) is 0 Å². The van der Waals surface area contributed by atoms with Gasteiger partial charge in [0.1, 0.15) is 5.76 Å². The molecule has 4 rings (SSSR count). The summed E-state index contributed by atoms with van der Waals surface area (Å²) < 4.78 is 33.0. The summed E-state index contributed by atoms with van der Waals surface area (Å²) >= 11 is 6.26. The molecule has 0 radical (unpaired) electrons. The molecule has 0 saturated carbocycles. The third kappa shape index (κ3) is 5.65. The highest BCUT2D eigenvalue weighted by atomic mass is 35.5. The molecule has 0 spiro atoms. The summed E-state index contributed by atoms with van der Waals surface area (Å²) in [5, 5.41) is 6.20. The number of sulfonamides is 1. The molecule has 1 fully saturated rings. The van der Waals surface area contributed by atoms with Crippen molar-refractivity contribution < 1.29 is 17.6 Å². The van der Waals surface area contributed by atoms with E-state index in [0.29, 0.717) is 18.8 Å². The Hall–Kier alpha value is -2.65. The number of furan rings is 1. The minimum absolute atomic E-state index is 0.0281. The molecule has 7 nitrogen and oxygen atoms in total. The van der Waals surface area contributed by atoms with Gasteiger partial charge in [-0.05, 0) is 48.7 Å². The van der Waals surface area contributed by atoms with E-state index in [1.165, 1.54) is 22.5 Å². The van der Waals surface area contributed by atoms with E-state index in [9.17, 15) is 13.2 Å². The van der Waals surface area contributed by atoms with E-state index in [2.05, 4.69) is 10.6 Å². The first-order valence-electron chi connectivity index (χ1n) is 10.9. The minimum Gasteiger partial charge on any atom is -0.467 e. The Kier molecular flexibility index (Phi) is 7.49. The fourth-order valence-electron chi connectivity index (χ4n) is 3.89. The molecule has 1 atom stereocenters. The Morgan fingerprint density at radius 2 is 1.79 bits per heavy atom. The Bertz CT molecular complexity index is 1180. The van der Waals surface area contributed by atoms with Gasteiger partial charge in [0, 0.05) is 13.1 Å². The maximum atomic E-state index is 13.0. The second-order valence-electron chi connectivity index (χ2n) is 7.89. The van der Waals surface area contributed by atoms with Gasteiger partial charge in [-0.1, -0.05) is 48.4 Å². The lowest BCUT2D eigenvalue weighted by molar-refractivity contribution is -0.115. The highest BCUT2D eigenvalue weighted by Gasteiger charge is 2.27. The van der Waals surface area contributed by atoms with Gasteiger partial charge in [0.05, 0.1) is 34.5 Å². The number of hydrogen-bond donors (Lipinski definition) is 2. The van der Waals surface area contributed by atoms with E-state index in [1.807, 2.05) is 36.4 Å². The van der Waals surface area contributed by atoms with Crippen molar-refractivity contribution in [3.05, 3.63) is 83.3 Å². The number of carbonyl (C=O) groups is 1. The van der Waals surface area contributed by atoms with Crippen LogP contribution in [-0.2, 0) is 14.8 Å². The van der Waals surface area contributed by atoms with Crippen molar-refractivity contribution >= 4 is 33.2 Å². The van der Waals surface area contributed by atoms with Gasteiger partial charge in [-0.3, -0.25) is 10.1 Å². The van der Waals surface area contributed by atoms with Gasteiger partial charge in [-0.25, -0.2) is 8.42 Å². The Morgan fingerprint density at radius 1 is 1.03 bits per heavy atom. The summed E-state index contributed by atoms with van der Waals surface area (Å²) in [7, 11) is -3.63. The molecular weight excluding hydrogens is 462 g/mol. The van der Waals surface area contributed by atoms with Crippen molar-refractivity contribution in [2.45, 2.75) is 30.2 Å². The number of halogens is 1. The zero-order valence-corrected chi connectivity index (χ0v) is 19.6. The van der Waals surface area contributed by atoms with Gasteiger partial charge in [0.25, 0.3) is 0 Å². The fraction of sp³-hybridized carbons (Fsp3) is 0.292. The van der Waals surface area contributed by atoms with Crippen LogP contribution in [0.1, 0.15) is 36.6 Å². The molecule has 1 aromatic heterocycles. The highest BCUT2D eigenvalue weighted by Crippen LogP contribution is 2.28. The van der Waals surface area contributed by atoms with Crippen molar-refractivity contribution in [3.8, 4) is 0 Å². The van der Waals surface area contributed by atoms with E-state index in [0.717, 1.165) is 24.8 Å². The molecule has 1 unspecified atom stereocenters. The lowest BCUT2D eigenvalue weighted by atomic mass is 10.0. The topological polar surface area (TPSA) is 91.6 Å². The van der Waals surface area contributed by atoms with Crippen molar-refractivity contribution in [2.75, 3.05) is 25.0 Å². The molecule has 2 aromatic carbocycles. The van der Waals surface area contributed by atoms with Crippen molar-refractivity contribution in [1.82, 2.24) is 9.62 Å². The zero-order valence-electron chi connectivity index (χ0n) is 18.0. The lowest BCUT2D eigenvalue weighted by Crippen LogP contribution is -2.35. The van der Waals surface area contributed by atoms with Crippen LogP contribution in [0.2, 0.25) is 5.02 Å². The second-order valence-corrected chi connectivity index (χ2v) is 10.2. The molecule has 3 aromatic rings. The Balaban J connectivity index is 1.46. The normalized spacial score (nSPS) is 15.8. The van der Waals surface area contributed by atoms with Crippen LogP contribution < -0.4 is 10.6 Å². The van der Waals surface area contributed by atoms with Gasteiger partial charge < -0.3 is 9.73 Å². The first-order chi connectivity index (χ1) is 15.9. The first-order valence-corrected chi connectivity index (χ1v) is 12.7. The van der Waals surface area contributed by atoms with Crippen LogP contribution in [-0.4, -0.2) is 38.3 Å². The first kappa shape index (κ1) is 23.5. The minimum atomic E-state index is -3.63. The van der Waals surface area contributed by atoms with Gasteiger partial charge in [-0.2, -0.15) is 4.31 Å². The number of amides is 1. The van der Waals surface area contributed by atoms with Crippen LogP contribution >= 0.6 is 11.6 Å². The average Bonchev–Trinajstić information content (AvgIpc) is 3.36. The molecule has 174 valence electrons. The summed E-state index contributed by atoms with van der Waals surface area (Å²) in [5.41, 5.74) is 1.21. The molecular formula is C24H26ClN3O4S. The summed E-state index contributed by atoms with van der Waals surface area (Å²) in [4.78, 5) is 12.8. The van der Waals surface area contributed by atoms with Crippen LogP contribution in [0.25, 0.3) is 0 Å². The molecule has 2 N–H and O–H groups in total. The smallest absolute Gasteiger partial charge is 0.243 e. The molecule has 0 bridgehead atoms. The molecule has 1 aliphatic heterocycles. The third-order valence-electron chi connectivity index (χ3n) is 5.59. The molecule has 1 aliphatic rings. The standard InChI is InChI=1S/C24H26ClN3O4S/c25-20-12-11-19(33(30,31)28-13-5-2-6-14-28)16-21(20)27-23(29)17-26-24(22-10-7-15-32-22)18-8-3-1-4-9-18/h1,3-4,7-12,15-16,24,26H,2,5-6,13-14,17H2,(H,27,29). The largest absolute Gasteiger partial charge is 0.467 e. The lowest BCUT2D eigenvalue weighted by Gasteiger charge is -2.26. The van der Waals surface area contributed by atoms with Crippen molar-refractivity contribution in [2.24, 2.45) is 0 Å². The molecule has 0 aliphatic carbocycles. The quantitative estimate of drug-likeness (QED) is 0.490. The number of nitrogens with zero attached hydrogens (tertiary/aromatic N) is 1. The van der Waals surface area contributed by atoms with Crippen LogP contribution in [0.4, 0.5) is 5.69 Å². The predicted molar refractivity (Wildman–Crippen MR) is 128 cm³/mol. The number of rotatable bonds is 8. The van der Waals surface area contributed by atoms with Gasteiger partial charge in [0.2, 0.25) is 15.9 Å². The Morgan fingerprint density at radius 3 is 2.48 bits per heavy atom. The van der Waals surface area contributed by atoms with Crippen molar-refractivity contribution in [3.63, 3.8) is 0 Å². The Labute approximate surface area is 198 Å². The van der Waals surface area contributed by atoms with E-state index in [1.54, 1.807) is 12.3 Å². The average molecular weight is 488 g/mol. The maximum Gasteiger partial charge on any atom is 0.243 e. The molecule has 1 amide bonds. The molecule has 9 heteroatoms. The van der Waals surface area contributed by atoms with Crippen LogP contribution in [0, 0.1) is 0 Å². The van der Waals surface area contributed by atoms with E-state index < -0.39 is 10.0 Å². The zero-order chi connectivity index (χ0) is 23.3. The summed E-state index contributed by atoms with van der Waals surface area (Å²) in [5.74, 6) is 0.332. The number of hydrogen-bond acceptors (Lipinski definition) is 5. The summed E-state index contributed by atoms with van der Waals surface area (Å²) in [6, 6.07) is 17.4. The number of benzene rings is 2. The fourth-order valence-corrected chi connectivity index (χ4v) is 5.60. The number of carbonyl (C=O) groups excluding carboxylic acids is 1. The molecule has 1 saturated heterocycles. The monoisotopic (exact) mass is 487 g/mol. The van der Waals surface area contributed by atoms with Gasteiger partial charge in [-0.15, -0.1) is 0 Å². The SMILES string of the molecule is O=C(CNC(c1ccccc1)c1ccco1)Nc1cc(S(=O)(=O)N2CCCCC2)ccc1Cl. The van der Waals surface area contributed by atoms with Crippen molar-refractivity contribution in [1.29, 1.82) is 0 Å². The van der Waals surface area contributed by atoms with Crippen LogP contribution in [0.15, 0.2) is 76.2 Å². The predicted octanol–water partition coefficient (Wildman–Crippen LogP) is 4.43. The van der Waals surface area contributed by atoms with E-state index >= 15 is 0 Å². The third-order valence-corrected chi connectivity index (χ3v) is 7.82. The van der Waals surface area contributed by atoms with E-state index in [4.69, 9.17) is 16.0 Å². The van der Waals surface area contributed by atoms with E-state index in [-0.39, 0.29) is 34.1 Å². The maximum absolute atomic E-state index is 13.0. The summed E-state index contributed by atoms with van der Waals surface area (Å²) in [6.45, 7) is 0.980. The summed E-state index contributed by atoms with van der Waals surface area (Å²) in [6.07, 6.45) is 4.31. The molecule has 33 heavy (non-hydrogen) atoms. The highest BCUT2D eigenvalue weighted by molar-refractivity contribution is 7.89.